The Hall–Kier alpha value is -1.32. The Bertz CT molecular complexity index is 537. The maximum absolute atomic E-state index is 12.0. The summed E-state index contributed by atoms with van der Waals surface area (Å²) < 4.78 is 27.9. The maximum Gasteiger partial charge on any atom is 0.245 e. The molecule has 0 aliphatic carbocycles. The molecule has 0 fully saturated rings. The van der Waals surface area contributed by atoms with E-state index < -0.39 is 16.1 Å². The SMILES string of the molecule is C#CC(C)NS(=O)(=O)c1c(C)nn(C)c1C. The number of terminal acetylenes is 1. The average Bonchev–Trinajstić information content (AvgIpc) is 2.40. The minimum absolute atomic E-state index is 0.206. The van der Waals surface area contributed by atoms with Crippen molar-refractivity contribution < 1.29 is 8.42 Å². The van der Waals surface area contributed by atoms with Gasteiger partial charge >= 0.3 is 0 Å². The Morgan fingerprint density at radius 2 is 2.06 bits per heavy atom. The molecule has 0 aliphatic rings. The van der Waals surface area contributed by atoms with Gasteiger partial charge in [0.2, 0.25) is 10.0 Å². The third kappa shape index (κ3) is 2.26. The molecule has 16 heavy (non-hydrogen) atoms. The van der Waals surface area contributed by atoms with Crippen LogP contribution in [0.25, 0.3) is 0 Å². The molecule has 5 nitrogen and oxygen atoms in total. The van der Waals surface area contributed by atoms with E-state index in [4.69, 9.17) is 6.42 Å². The lowest BCUT2D eigenvalue weighted by Gasteiger charge is -2.09. The summed E-state index contributed by atoms with van der Waals surface area (Å²) in [6.07, 6.45) is 5.14. The highest BCUT2D eigenvalue weighted by Crippen LogP contribution is 2.18. The predicted octanol–water partition coefficient (Wildman–Crippen LogP) is 0.337. The van der Waals surface area contributed by atoms with Gasteiger partial charge in [-0.2, -0.15) is 9.82 Å². The van der Waals surface area contributed by atoms with Crippen molar-refractivity contribution >= 4 is 10.0 Å². The molecule has 0 radical (unpaired) electrons. The van der Waals surface area contributed by atoms with Crippen molar-refractivity contribution in [2.75, 3.05) is 0 Å². The highest BCUT2D eigenvalue weighted by atomic mass is 32.2. The summed E-state index contributed by atoms with van der Waals surface area (Å²) in [7, 11) is -1.89. The smallest absolute Gasteiger partial charge is 0.245 e. The Kier molecular flexibility index (Phi) is 3.41. The number of hydrogen-bond acceptors (Lipinski definition) is 3. The molecule has 1 aromatic rings. The molecular formula is C10H15N3O2S. The lowest BCUT2D eigenvalue weighted by atomic mass is 10.4. The van der Waals surface area contributed by atoms with Crippen LogP contribution in [-0.4, -0.2) is 24.2 Å². The van der Waals surface area contributed by atoms with E-state index in [2.05, 4.69) is 15.7 Å². The fraction of sp³-hybridized carbons (Fsp3) is 0.500. The minimum atomic E-state index is -3.59. The van der Waals surface area contributed by atoms with Crippen molar-refractivity contribution in [1.29, 1.82) is 0 Å². The van der Waals surface area contributed by atoms with E-state index in [1.54, 1.807) is 27.8 Å². The first-order chi connectivity index (χ1) is 7.29. The molecule has 1 unspecified atom stereocenters. The fourth-order valence-corrected chi connectivity index (χ4v) is 3.07. The number of aryl methyl sites for hydroxylation is 2. The van der Waals surface area contributed by atoms with Gasteiger partial charge in [0.15, 0.2) is 0 Å². The van der Waals surface area contributed by atoms with E-state index >= 15 is 0 Å². The van der Waals surface area contributed by atoms with Gasteiger partial charge in [0, 0.05) is 7.05 Å². The molecule has 0 aliphatic heterocycles. The third-order valence-corrected chi connectivity index (χ3v) is 4.09. The topological polar surface area (TPSA) is 64.0 Å². The molecule has 0 bridgehead atoms. The summed E-state index contributed by atoms with van der Waals surface area (Å²) in [5.41, 5.74) is 1.06. The molecular weight excluding hydrogens is 226 g/mol. The Labute approximate surface area is 95.9 Å². The molecule has 1 heterocycles. The van der Waals surface area contributed by atoms with Crippen molar-refractivity contribution in [1.82, 2.24) is 14.5 Å². The normalized spacial score (nSPS) is 13.4. The summed E-state index contributed by atoms with van der Waals surface area (Å²) in [6.45, 7) is 4.97. The fourth-order valence-electron chi connectivity index (χ4n) is 1.47. The van der Waals surface area contributed by atoms with Crippen molar-refractivity contribution in [2.24, 2.45) is 7.05 Å². The Morgan fingerprint density at radius 3 is 2.44 bits per heavy atom. The predicted molar refractivity (Wildman–Crippen MR) is 61.3 cm³/mol. The first-order valence-corrected chi connectivity index (χ1v) is 6.26. The number of nitrogens with one attached hydrogen (secondary N) is 1. The molecule has 6 heteroatoms. The molecule has 1 aromatic heterocycles. The average molecular weight is 241 g/mol. The standard InChI is InChI=1S/C10H15N3O2S/c1-6-7(2)12-16(14,15)10-8(3)11-13(5)9(10)4/h1,7,12H,2-5H3. The summed E-state index contributed by atoms with van der Waals surface area (Å²) in [5, 5.41) is 4.06. The van der Waals surface area contributed by atoms with E-state index in [1.165, 1.54) is 4.68 Å². The zero-order valence-electron chi connectivity index (χ0n) is 9.77. The van der Waals surface area contributed by atoms with E-state index in [9.17, 15) is 8.42 Å². The first kappa shape index (κ1) is 12.7. The second-order valence-corrected chi connectivity index (χ2v) is 5.28. The van der Waals surface area contributed by atoms with Crippen LogP contribution in [0.15, 0.2) is 4.90 Å². The molecule has 1 atom stereocenters. The number of rotatable bonds is 3. The zero-order valence-corrected chi connectivity index (χ0v) is 10.6. The molecule has 1 N–H and O–H groups in total. The summed E-state index contributed by atoms with van der Waals surface area (Å²) in [6, 6.07) is -0.538. The van der Waals surface area contributed by atoms with Crippen LogP contribution >= 0.6 is 0 Å². The maximum atomic E-state index is 12.0. The van der Waals surface area contributed by atoms with Crippen LogP contribution in [0.2, 0.25) is 0 Å². The van der Waals surface area contributed by atoms with E-state index in [0.717, 1.165) is 0 Å². The van der Waals surface area contributed by atoms with Crippen LogP contribution in [0.1, 0.15) is 18.3 Å². The van der Waals surface area contributed by atoms with Crippen LogP contribution in [0.3, 0.4) is 0 Å². The molecule has 0 saturated heterocycles. The van der Waals surface area contributed by atoms with Gasteiger partial charge in [-0.25, -0.2) is 8.42 Å². The van der Waals surface area contributed by atoms with Gasteiger partial charge in [-0.15, -0.1) is 6.42 Å². The Balaban J connectivity index is 3.24. The summed E-state index contributed by atoms with van der Waals surface area (Å²) in [5.74, 6) is 2.32. The zero-order chi connectivity index (χ0) is 12.5. The number of hydrogen-bond donors (Lipinski definition) is 1. The highest BCUT2D eigenvalue weighted by Gasteiger charge is 2.24. The van der Waals surface area contributed by atoms with E-state index in [1.807, 2.05) is 0 Å². The van der Waals surface area contributed by atoms with Gasteiger partial charge in [-0.05, 0) is 20.8 Å². The van der Waals surface area contributed by atoms with Gasteiger partial charge in [0.05, 0.1) is 17.4 Å². The minimum Gasteiger partial charge on any atom is -0.271 e. The van der Waals surface area contributed by atoms with Gasteiger partial charge in [-0.3, -0.25) is 4.68 Å². The summed E-state index contributed by atoms with van der Waals surface area (Å²) >= 11 is 0. The molecule has 0 aromatic carbocycles. The Morgan fingerprint density at radius 1 is 1.50 bits per heavy atom. The first-order valence-electron chi connectivity index (χ1n) is 4.78. The van der Waals surface area contributed by atoms with Gasteiger partial charge in [-0.1, -0.05) is 5.92 Å². The molecule has 0 saturated carbocycles. The number of nitrogens with zero attached hydrogens (tertiary/aromatic N) is 2. The molecule has 1 rings (SSSR count). The van der Waals surface area contributed by atoms with Gasteiger partial charge in [0.1, 0.15) is 4.90 Å². The van der Waals surface area contributed by atoms with E-state index in [0.29, 0.717) is 11.4 Å². The second-order valence-electron chi connectivity index (χ2n) is 3.63. The van der Waals surface area contributed by atoms with Crippen LogP contribution in [0.4, 0.5) is 0 Å². The van der Waals surface area contributed by atoms with Crippen LogP contribution < -0.4 is 4.72 Å². The van der Waals surface area contributed by atoms with Crippen molar-refractivity contribution in [3.8, 4) is 12.3 Å². The molecule has 0 spiro atoms. The number of aromatic nitrogens is 2. The van der Waals surface area contributed by atoms with Gasteiger partial charge < -0.3 is 0 Å². The van der Waals surface area contributed by atoms with Crippen LogP contribution in [0.5, 0.6) is 0 Å². The lowest BCUT2D eigenvalue weighted by molar-refractivity contribution is 0.576. The highest BCUT2D eigenvalue weighted by molar-refractivity contribution is 7.89. The van der Waals surface area contributed by atoms with Crippen LogP contribution in [0, 0.1) is 26.2 Å². The quantitative estimate of drug-likeness (QED) is 0.776. The van der Waals surface area contributed by atoms with Crippen molar-refractivity contribution in [3.05, 3.63) is 11.4 Å². The third-order valence-electron chi connectivity index (χ3n) is 2.29. The molecule has 88 valence electrons. The summed E-state index contributed by atoms with van der Waals surface area (Å²) in [4.78, 5) is 0.206. The van der Waals surface area contributed by atoms with Crippen molar-refractivity contribution in [2.45, 2.75) is 31.7 Å². The lowest BCUT2D eigenvalue weighted by Crippen LogP contribution is -2.32. The largest absolute Gasteiger partial charge is 0.271 e. The van der Waals surface area contributed by atoms with E-state index in [-0.39, 0.29) is 4.90 Å². The van der Waals surface area contributed by atoms with Gasteiger partial charge in [0.25, 0.3) is 0 Å². The second kappa shape index (κ2) is 4.28. The van der Waals surface area contributed by atoms with Crippen molar-refractivity contribution in [3.63, 3.8) is 0 Å². The monoisotopic (exact) mass is 241 g/mol. The molecule has 0 amide bonds. The number of sulfonamides is 1. The van der Waals surface area contributed by atoms with Crippen LogP contribution in [-0.2, 0) is 17.1 Å².